The summed E-state index contributed by atoms with van der Waals surface area (Å²) in [7, 11) is 0. The summed E-state index contributed by atoms with van der Waals surface area (Å²) >= 11 is 11.7. The molecule has 0 atom stereocenters. The van der Waals surface area contributed by atoms with Crippen molar-refractivity contribution in [2.24, 2.45) is 0 Å². The Balaban J connectivity index is 2.34. The molecule has 0 aliphatic heterocycles. The van der Waals surface area contributed by atoms with Crippen molar-refractivity contribution in [2.75, 3.05) is 0 Å². The predicted molar refractivity (Wildman–Crippen MR) is 65.4 cm³/mol. The van der Waals surface area contributed by atoms with Gasteiger partial charge in [-0.3, -0.25) is 9.89 Å². The first kappa shape index (κ1) is 11.3. The second kappa shape index (κ2) is 4.36. The molecule has 84 valence electrons. The van der Waals surface area contributed by atoms with Gasteiger partial charge in [-0.25, -0.2) is 4.68 Å². The van der Waals surface area contributed by atoms with Gasteiger partial charge in [0.25, 0.3) is 5.56 Å². The monoisotopic (exact) mass is 256 g/mol. The van der Waals surface area contributed by atoms with Gasteiger partial charge in [0.05, 0.1) is 12.1 Å². The highest BCUT2D eigenvalue weighted by atomic mass is 35.5. The minimum absolute atomic E-state index is 0.107. The first-order valence-corrected chi connectivity index (χ1v) is 5.53. The van der Waals surface area contributed by atoms with E-state index in [1.54, 1.807) is 13.0 Å². The van der Waals surface area contributed by atoms with Crippen LogP contribution in [0, 0.1) is 6.92 Å². The van der Waals surface area contributed by atoms with Crippen LogP contribution in [-0.2, 0) is 6.54 Å². The van der Waals surface area contributed by atoms with Gasteiger partial charge < -0.3 is 0 Å². The lowest BCUT2D eigenvalue weighted by Crippen LogP contribution is -2.18. The fourth-order valence-corrected chi connectivity index (χ4v) is 1.87. The van der Waals surface area contributed by atoms with E-state index < -0.39 is 0 Å². The van der Waals surface area contributed by atoms with Gasteiger partial charge in [0, 0.05) is 5.02 Å². The summed E-state index contributed by atoms with van der Waals surface area (Å²) in [6.45, 7) is 2.13. The highest BCUT2D eigenvalue weighted by Gasteiger charge is 2.07. The number of rotatable bonds is 2. The zero-order valence-electron chi connectivity index (χ0n) is 8.63. The van der Waals surface area contributed by atoms with Crippen molar-refractivity contribution >= 4 is 23.2 Å². The van der Waals surface area contributed by atoms with E-state index in [1.807, 2.05) is 18.2 Å². The topological polar surface area (TPSA) is 37.8 Å². The van der Waals surface area contributed by atoms with Gasteiger partial charge in [-0.1, -0.05) is 35.3 Å². The van der Waals surface area contributed by atoms with Crippen molar-refractivity contribution in [2.45, 2.75) is 13.5 Å². The minimum Gasteiger partial charge on any atom is -0.284 e. The van der Waals surface area contributed by atoms with Crippen LogP contribution in [0.2, 0.25) is 10.2 Å². The first-order valence-electron chi connectivity index (χ1n) is 4.77. The molecule has 1 aromatic carbocycles. The molecule has 0 fully saturated rings. The number of aromatic amines is 1. The lowest BCUT2D eigenvalue weighted by atomic mass is 10.2. The maximum absolute atomic E-state index is 11.7. The van der Waals surface area contributed by atoms with E-state index in [0.29, 0.717) is 22.3 Å². The maximum Gasteiger partial charge on any atom is 0.271 e. The molecule has 0 amide bonds. The van der Waals surface area contributed by atoms with Gasteiger partial charge >= 0.3 is 0 Å². The molecule has 0 aliphatic carbocycles. The van der Waals surface area contributed by atoms with Crippen LogP contribution < -0.4 is 5.56 Å². The van der Waals surface area contributed by atoms with Gasteiger partial charge in [-0.05, 0) is 24.6 Å². The molecule has 2 rings (SSSR count). The van der Waals surface area contributed by atoms with Gasteiger partial charge in [0.15, 0.2) is 0 Å². The van der Waals surface area contributed by atoms with E-state index in [4.69, 9.17) is 23.2 Å². The molecule has 1 N–H and O–H groups in total. The second-order valence-electron chi connectivity index (χ2n) is 3.57. The Bertz CT molecular complexity index is 572. The fourth-order valence-electron chi connectivity index (χ4n) is 1.48. The summed E-state index contributed by atoms with van der Waals surface area (Å²) in [6, 6.07) is 7.36. The van der Waals surface area contributed by atoms with E-state index in [9.17, 15) is 4.79 Å². The largest absolute Gasteiger partial charge is 0.284 e. The van der Waals surface area contributed by atoms with Crippen LogP contribution in [0.4, 0.5) is 0 Å². The Kier molecular flexibility index (Phi) is 3.08. The Hall–Kier alpha value is -1.19. The van der Waals surface area contributed by atoms with Gasteiger partial charge in [0.2, 0.25) is 0 Å². The number of halogens is 2. The summed E-state index contributed by atoms with van der Waals surface area (Å²) in [4.78, 5) is 11.7. The highest BCUT2D eigenvalue weighted by molar-refractivity contribution is 6.30. The normalized spacial score (nSPS) is 10.7. The van der Waals surface area contributed by atoms with Crippen LogP contribution in [0.5, 0.6) is 0 Å². The molecule has 1 aromatic heterocycles. The number of H-pyrrole nitrogens is 1. The van der Waals surface area contributed by atoms with Crippen molar-refractivity contribution < 1.29 is 0 Å². The quantitative estimate of drug-likeness (QED) is 0.882. The third-order valence-electron chi connectivity index (χ3n) is 2.36. The Morgan fingerprint density at radius 1 is 1.38 bits per heavy atom. The van der Waals surface area contributed by atoms with Crippen molar-refractivity contribution in [1.29, 1.82) is 0 Å². The molecule has 3 nitrogen and oxygen atoms in total. The molecule has 0 radical (unpaired) electrons. The van der Waals surface area contributed by atoms with Crippen LogP contribution in [0.3, 0.4) is 0 Å². The van der Waals surface area contributed by atoms with Crippen LogP contribution in [-0.4, -0.2) is 9.78 Å². The summed E-state index contributed by atoms with van der Waals surface area (Å²) in [5.41, 5.74) is 1.38. The molecule has 0 aliphatic rings. The molecule has 0 bridgehead atoms. The Morgan fingerprint density at radius 2 is 2.12 bits per heavy atom. The molecular formula is C11H10Cl2N2O. The zero-order valence-corrected chi connectivity index (χ0v) is 10.1. The molecule has 5 heteroatoms. The summed E-state index contributed by atoms with van der Waals surface area (Å²) in [5.74, 6) is 0. The van der Waals surface area contributed by atoms with E-state index in [1.165, 1.54) is 4.68 Å². The van der Waals surface area contributed by atoms with E-state index in [2.05, 4.69) is 5.10 Å². The zero-order chi connectivity index (χ0) is 11.7. The van der Waals surface area contributed by atoms with Crippen molar-refractivity contribution in [3.8, 4) is 0 Å². The number of hydrogen-bond donors (Lipinski definition) is 1. The summed E-state index contributed by atoms with van der Waals surface area (Å²) in [5, 5.41) is 3.84. The molecule has 2 aromatic rings. The molecule has 16 heavy (non-hydrogen) atoms. The number of aromatic nitrogens is 2. The molecule has 0 unspecified atom stereocenters. The molecule has 0 saturated carbocycles. The van der Waals surface area contributed by atoms with Crippen LogP contribution >= 0.6 is 23.2 Å². The third-order valence-corrected chi connectivity index (χ3v) is 2.96. The molecule has 1 heterocycles. The van der Waals surface area contributed by atoms with Crippen LogP contribution in [0.1, 0.15) is 11.1 Å². The number of hydrogen-bond acceptors (Lipinski definition) is 1. The summed E-state index contributed by atoms with van der Waals surface area (Å²) < 4.78 is 1.46. The summed E-state index contributed by atoms with van der Waals surface area (Å²) in [6.07, 6.45) is 0. The average Bonchev–Trinajstić information content (AvgIpc) is 2.47. The van der Waals surface area contributed by atoms with Gasteiger partial charge in [-0.2, -0.15) is 0 Å². The standard InChI is InChI=1S/C11H10Cl2N2O/c1-7-10(13)14-15(11(7)16)6-8-3-2-4-9(12)5-8/h2-5,14H,6H2,1H3. The predicted octanol–water partition coefficient (Wildman–Crippen LogP) is 2.84. The fraction of sp³-hybridized carbons (Fsp3) is 0.182. The molecule has 0 saturated heterocycles. The molecule has 0 spiro atoms. The van der Waals surface area contributed by atoms with E-state index in [-0.39, 0.29) is 5.56 Å². The minimum atomic E-state index is -0.107. The van der Waals surface area contributed by atoms with Gasteiger partial charge in [-0.15, -0.1) is 0 Å². The van der Waals surface area contributed by atoms with Crippen molar-refractivity contribution in [3.05, 3.63) is 55.9 Å². The lowest BCUT2D eigenvalue weighted by molar-refractivity contribution is 0.663. The Morgan fingerprint density at radius 3 is 2.69 bits per heavy atom. The van der Waals surface area contributed by atoms with E-state index in [0.717, 1.165) is 5.56 Å². The maximum atomic E-state index is 11.7. The lowest BCUT2D eigenvalue weighted by Gasteiger charge is -2.02. The number of nitrogens with one attached hydrogen (secondary N) is 1. The Labute approximate surface area is 103 Å². The third kappa shape index (κ3) is 2.15. The highest BCUT2D eigenvalue weighted by Crippen LogP contribution is 2.12. The smallest absolute Gasteiger partial charge is 0.271 e. The van der Waals surface area contributed by atoms with E-state index >= 15 is 0 Å². The molecular weight excluding hydrogens is 247 g/mol. The van der Waals surface area contributed by atoms with Crippen molar-refractivity contribution in [1.82, 2.24) is 9.78 Å². The SMILES string of the molecule is Cc1c(Cl)[nH]n(Cc2cccc(Cl)c2)c1=O. The van der Waals surface area contributed by atoms with Crippen molar-refractivity contribution in [3.63, 3.8) is 0 Å². The van der Waals surface area contributed by atoms with Crippen LogP contribution in [0.25, 0.3) is 0 Å². The van der Waals surface area contributed by atoms with Gasteiger partial charge in [0.1, 0.15) is 5.15 Å². The second-order valence-corrected chi connectivity index (χ2v) is 4.39. The first-order chi connectivity index (χ1) is 7.58. The number of nitrogens with zero attached hydrogens (tertiary/aromatic N) is 1. The van der Waals surface area contributed by atoms with Crippen LogP contribution in [0.15, 0.2) is 29.1 Å². The average molecular weight is 257 g/mol. The number of benzene rings is 1.